The van der Waals surface area contributed by atoms with E-state index in [9.17, 15) is 4.79 Å². The first-order chi connectivity index (χ1) is 15.9. The molecule has 194 valence electrons. The molecule has 0 atom stereocenters. The third kappa shape index (κ3) is 20.4. The molecule has 33 heavy (non-hydrogen) atoms. The second-order valence-electron chi connectivity index (χ2n) is 8.43. The van der Waals surface area contributed by atoms with Gasteiger partial charge >= 0.3 is 6.09 Å². The maximum absolute atomic E-state index is 11.8. The average Bonchev–Trinajstić information content (AvgIpc) is 2.81. The van der Waals surface area contributed by atoms with Gasteiger partial charge in [-0.3, -0.25) is 4.98 Å². The molecule has 8 heteroatoms. The van der Waals surface area contributed by atoms with Crippen molar-refractivity contribution in [3.8, 4) is 5.75 Å². The molecule has 0 fully saturated rings. The van der Waals surface area contributed by atoms with Crippen molar-refractivity contribution in [3.63, 3.8) is 0 Å². The Morgan fingerprint density at radius 2 is 1.30 bits per heavy atom. The average molecular weight is 596 g/mol. The highest BCUT2D eigenvalue weighted by Crippen LogP contribution is 2.18. The van der Waals surface area contributed by atoms with Crippen molar-refractivity contribution in [2.45, 2.75) is 64.3 Å². The van der Waals surface area contributed by atoms with Gasteiger partial charge in [-0.1, -0.05) is 76.8 Å². The third-order valence-electron chi connectivity index (χ3n) is 4.98. The SMILES string of the molecule is CBr.CBr.CN(C)CCCCCCCCCCCN(C)Cc1ncccc1OC(=O)N(C)C. The quantitative estimate of drug-likeness (QED) is 0.167. The van der Waals surface area contributed by atoms with Crippen LogP contribution in [0.3, 0.4) is 0 Å². The van der Waals surface area contributed by atoms with E-state index in [0.717, 1.165) is 12.2 Å². The summed E-state index contributed by atoms with van der Waals surface area (Å²) in [6.07, 6.45) is 13.3. The van der Waals surface area contributed by atoms with Crippen molar-refractivity contribution in [3.05, 3.63) is 24.0 Å². The number of carbonyl (C=O) groups excluding carboxylic acids is 1. The summed E-state index contributed by atoms with van der Waals surface area (Å²) in [5.74, 6) is 4.17. The minimum atomic E-state index is -0.375. The molecule has 1 rings (SSSR count). The van der Waals surface area contributed by atoms with Crippen LogP contribution in [0.15, 0.2) is 18.3 Å². The summed E-state index contributed by atoms with van der Waals surface area (Å²) < 4.78 is 5.42. The van der Waals surface area contributed by atoms with Gasteiger partial charge < -0.3 is 19.4 Å². The van der Waals surface area contributed by atoms with Crippen molar-refractivity contribution < 1.29 is 9.53 Å². The minimum Gasteiger partial charge on any atom is -0.408 e. The Balaban J connectivity index is 0. The number of hydrogen-bond acceptors (Lipinski definition) is 5. The molecule has 1 amide bonds. The van der Waals surface area contributed by atoms with E-state index >= 15 is 0 Å². The van der Waals surface area contributed by atoms with Gasteiger partial charge in [0.25, 0.3) is 0 Å². The van der Waals surface area contributed by atoms with E-state index in [1.165, 1.54) is 69.2 Å². The summed E-state index contributed by atoms with van der Waals surface area (Å²) in [5, 5.41) is 0. The molecule has 0 aromatic carbocycles. The lowest BCUT2D eigenvalue weighted by molar-refractivity contribution is 0.170. The Hall–Kier alpha value is -0.700. The maximum atomic E-state index is 11.8. The van der Waals surface area contributed by atoms with Gasteiger partial charge in [-0.05, 0) is 70.9 Å². The third-order valence-corrected chi connectivity index (χ3v) is 4.98. The standard InChI is InChI=1S/C23H42N4O2.2CH3Br/c1-25(2)18-13-11-9-7-6-8-10-12-14-19-27(5)20-21-22(16-15-17-24-21)29-23(28)26(3)4;2*1-2/h15-17H,6-14,18-20H2,1-5H3;2*1H3. The maximum Gasteiger partial charge on any atom is 0.414 e. The first-order valence-electron chi connectivity index (χ1n) is 11.8. The zero-order valence-corrected chi connectivity index (χ0v) is 25.3. The Labute approximate surface area is 220 Å². The highest BCUT2D eigenvalue weighted by atomic mass is 79.9. The molecule has 0 aliphatic carbocycles. The number of alkyl halides is 2. The highest BCUT2D eigenvalue weighted by molar-refractivity contribution is 9.09. The van der Waals surface area contributed by atoms with Gasteiger partial charge in [-0.15, -0.1) is 0 Å². The van der Waals surface area contributed by atoms with E-state index in [4.69, 9.17) is 4.74 Å². The van der Waals surface area contributed by atoms with Crippen LogP contribution in [-0.4, -0.2) is 85.8 Å². The van der Waals surface area contributed by atoms with Gasteiger partial charge in [0, 0.05) is 26.8 Å². The Morgan fingerprint density at radius 1 is 0.818 bits per heavy atom. The molecule has 0 aliphatic rings. The number of carbonyl (C=O) groups is 1. The topological polar surface area (TPSA) is 48.9 Å². The lowest BCUT2D eigenvalue weighted by Gasteiger charge is -2.18. The number of unbranched alkanes of at least 4 members (excludes halogenated alkanes) is 8. The van der Waals surface area contributed by atoms with Crippen LogP contribution in [-0.2, 0) is 6.54 Å². The molecule has 0 saturated carbocycles. The number of ether oxygens (including phenoxy) is 1. The van der Waals surface area contributed by atoms with Gasteiger partial charge in [-0.2, -0.15) is 0 Å². The van der Waals surface area contributed by atoms with E-state index in [-0.39, 0.29) is 6.09 Å². The smallest absolute Gasteiger partial charge is 0.408 e. The molecule has 1 heterocycles. The first kappa shape index (κ1) is 34.5. The Kier molecular flexibility index (Phi) is 25.5. The zero-order valence-electron chi connectivity index (χ0n) is 22.1. The molecule has 1 aromatic rings. The largest absolute Gasteiger partial charge is 0.414 e. The first-order valence-corrected chi connectivity index (χ1v) is 15.0. The number of nitrogens with zero attached hydrogens (tertiary/aromatic N) is 4. The number of aromatic nitrogens is 1. The molecule has 1 aromatic heterocycles. The van der Waals surface area contributed by atoms with Crippen LogP contribution < -0.4 is 4.74 Å². The predicted molar refractivity (Wildman–Crippen MR) is 150 cm³/mol. The molecular formula is C25H48Br2N4O2. The molecule has 6 nitrogen and oxygen atoms in total. The van der Waals surface area contributed by atoms with Crippen LogP contribution in [0.25, 0.3) is 0 Å². The van der Waals surface area contributed by atoms with Crippen LogP contribution in [0.5, 0.6) is 5.75 Å². The van der Waals surface area contributed by atoms with E-state index < -0.39 is 0 Å². The Bertz CT molecular complexity index is 575. The molecule has 0 spiro atoms. The van der Waals surface area contributed by atoms with Gasteiger partial charge in [0.2, 0.25) is 0 Å². The van der Waals surface area contributed by atoms with E-state index in [1.54, 1.807) is 32.4 Å². The Morgan fingerprint density at radius 3 is 1.79 bits per heavy atom. The second-order valence-corrected chi connectivity index (χ2v) is 8.43. The minimum absolute atomic E-state index is 0.375. The normalized spacial score (nSPS) is 10.3. The molecule has 0 saturated heterocycles. The lowest BCUT2D eigenvalue weighted by Crippen LogP contribution is -2.26. The fourth-order valence-corrected chi connectivity index (χ4v) is 3.20. The summed E-state index contributed by atoms with van der Waals surface area (Å²) in [5.41, 5.74) is 0.805. The fraction of sp³-hybridized carbons (Fsp3) is 0.760. The van der Waals surface area contributed by atoms with Crippen molar-refractivity contribution in [1.29, 1.82) is 0 Å². The van der Waals surface area contributed by atoms with Gasteiger partial charge in [-0.25, -0.2) is 4.79 Å². The zero-order chi connectivity index (χ0) is 25.5. The lowest BCUT2D eigenvalue weighted by atomic mass is 10.1. The van der Waals surface area contributed by atoms with Crippen molar-refractivity contribution in [1.82, 2.24) is 19.7 Å². The summed E-state index contributed by atoms with van der Waals surface area (Å²) >= 11 is 5.88. The molecule has 0 aliphatic heterocycles. The summed E-state index contributed by atoms with van der Waals surface area (Å²) in [6, 6.07) is 3.60. The van der Waals surface area contributed by atoms with Crippen LogP contribution >= 0.6 is 31.9 Å². The monoisotopic (exact) mass is 594 g/mol. The van der Waals surface area contributed by atoms with E-state index in [2.05, 4.69) is 67.8 Å². The second kappa shape index (κ2) is 24.4. The summed E-state index contributed by atoms with van der Waals surface area (Å²) in [4.78, 5) is 22.1. The molecular weight excluding hydrogens is 548 g/mol. The van der Waals surface area contributed by atoms with Gasteiger partial charge in [0.1, 0.15) is 0 Å². The highest BCUT2D eigenvalue weighted by Gasteiger charge is 2.13. The van der Waals surface area contributed by atoms with Crippen molar-refractivity contribution in [2.24, 2.45) is 0 Å². The van der Waals surface area contributed by atoms with Crippen LogP contribution in [0.1, 0.15) is 63.5 Å². The molecule has 0 radical (unpaired) electrons. The van der Waals surface area contributed by atoms with Crippen LogP contribution in [0, 0.1) is 0 Å². The van der Waals surface area contributed by atoms with E-state index in [1.807, 2.05) is 11.7 Å². The fourth-order valence-electron chi connectivity index (χ4n) is 3.20. The van der Waals surface area contributed by atoms with Crippen LogP contribution in [0.2, 0.25) is 0 Å². The van der Waals surface area contributed by atoms with Crippen molar-refractivity contribution >= 4 is 38.0 Å². The molecule has 0 unspecified atom stereocenters. The van der Waals surface area contributed by atoms with Gasteiger partial charge in [0.05, 0.1) is 5.69 Å². The molecule has 0 bridgehead atoms. The number of hydrogen-bond donors (Lipinski definition) is 0. The number of rotatable bonds is 15. The molecule has 0 N–H and O–H groups in total. The van der Waals surface area contributed by atoms with Gasteiger partial charge in [0.15, 0.2) is 5.75 Å². The summed E-state index contributed by atoms with van der Waals surface area (Å²) in [7, 11) is 9.74. The predicted octanol–water partition coefficient (Wildman–Crippen LogP) is 6.67. The number of halogens is 2. The number of pyridine rings is 1. The van der Waals surface area contributed by atoms with E-state index in [0.29, 0.717) is 12.3 Å². The van der Waals surface area contributed by atoms with Crippen LogP contribution in [0.4, 0.5) is 4.79 Å². The van der Waals surface area contributed by atoms with Crippen molar-refractivity contribution in [2.75, 3.05) is 60.0 Å². The summed E-state index contributed by atoms with van der Waals surface area (Å²) in [6.45, 7) is 2.93. The number of amides is 1.